The largest absolute Gasteiger partial charge is 0.460 e. The van der Waals surface area contributed by atoms with Gasteiger partial charge in [-0.25, -0.2) is 4.79 Å². The quantitative estimate of drug-likeness (QED) is 0.111. The molecule has 0 aliphatic rings. The molecule has 0 unspecified atom stereocenters. The summed E-state index contributed by atoms with van der Waals surface area (Å²) in [4.78, 5) is 10.8. The molecule has 0 radical (unpaired) electrons. The van der Waals surface area contributed by atoms with Crippen molar-refractivity contribution in [1.82, 2.24) is 0 Å². The number of carbonyl (C=O) groups excluding carboxylic acids is 1. The Morgan fingerprint density at radius 1 is 0.531 bits per heavy atom. The van der Waals surface area contributed by atoms with Crippen molar-refractivity contribution in [2.75, 3.05) is 92.5 Å². The number of carbonyl (C=O) groups is 1. The molecule has 0 bridgehead atoms. The smallest absolute Gasteiger partial charge is 0.330 e. The van der Waals surface area contributed by atoms with Crippen molar-refractivity contribution >= 4 is 5.97 Å². The molecule has 0 aliphatic heterocycles. The third kappa shape index (κ3) is 27.0. The van der Waals surface area contributed by atoms with Crippen LogP contribution in [0.2, 0.25) is 0 Å². The fourth-order valence-electron chi connectivity index (χ4n) is 2.35. The predicted octanol–water partition coefficient (Wildman–Crippen LogP) is 2.15. The second-order valence-electron chi connectivity index (χ2n) is 6.89. The molecule has 32 heavy (non-hydrogen) atoms. The molecule has 0 atom stereocenters. The molecule has 0 aromatic rings. The van der Waals surface area contributed by atoms with Gasteiger partial charge in [0.1, 0.15) is 6.61 Å². The van der Waals surface area contributed by atoms with Crippen LogP contribution in [0, 0.1) is 0 Å². The summed E-state index contributed by atoms with van der Waals surface area (Å²) in [6.07, 6.45) is 6.13. The molecule has 0 saturated heterocycles. The molecule has 0 amide bonds. The number of aliphatic hydroxyl groups excluding tert-OH is 1. The number of rotatable bonds is 27. The molecule has 9 heteroatoms. The highest BCUT2D eigenvalue weighted by Gasteiger charge is 1.97. The number of esters is 1. The van der Waals surface area contributed by atoms with Crippen molar-refractivity contribution in [3.8, 4) is 0 Å². The van der Waals surface area contributed by atoms with Crippen molar-refractivity contribution in [2.45, 2.75) is 38.5 Å². The van der Waals surface area contributed by atoms with E-state index in [4.69, 9.17) is 38.3 Å². The molecule has 0 spiro atoms. The predicted molar refractivity (Wildman–Crippen MR) is 121 cm³/mol. The van der Waals surface area contributed by atoms with Crippen LogP contribution in [0.1, 0.15) is 38.5 Å². The molecular formula is C23H44O9. The van der Waals surface area contributed by atoms with Gasteiger partial charge < -0.3 is 38.3 Å². The van der Waals surface area contributed by atoms with E-state index in [1.807, 2.05) is 0 Å². The zero-order chi connectivity index (χ0) is 23.4. The molecule has 0 rings (SSSR count). The first kappa shape index (κ1) is 30.9. The molecule has 0 heterocycles. The monoisotopic (exact) mass is 464 g/mol. The Morgan fingerprint density at radius 3 is 1.16 bits per heavy atom. The summed E-state index contributed by atoms with van der Waals surface area (Å²) >= 11 is 0. The zero-order valence-corrected chi connectivity index (χ0v) is 19.6. The third-order valence-corrected chi connectivity index (χ3v) is 3.97. The highest BCUT2D eigenvalue weighted by Crippen LogP contribution is 1.93. The van der Waals surface area contributed by atoms with Gasteiger partial charge in [0.05, 0.1) is 6.61 Å². The molecule has 0 saturated carbocycles. The van der Waals surface area contributed by atoms with Crippen LogP contribution < -0.4 is 0 Å². The van der Waals surface area contributed by atoms with E-state index < -0.39 is 5.97 Å². The van der Waals surface area contributed by atoms with Gasteiger partial charge in [0.2, 0.25) is 0 Å². The first-order valence-electron chi connectivity index (χ1n) is 11.7. The van der Waals surface area contributed by atoms with Crippen LogP contribution in [-0.2, 0) is 38.0 Å². The second-order valence-corrected chi connectivity index (χ2v) is 6.89. The number of ether oxygens (including phenoxy) is 7. The standard InChI is InChI=1S/C23H44O9/c1-2-23(25)32-22-21-31-20-8-19-30-18-7-17-29-16-6-15-28-14-5-13-27-12-4-11-26-10-3-9-24/h2,24H,1,3-22H2. The van der Waals surface area contributed by atoms with Crippen LogP contribution in [-0.4, -0.2) is 104 Å². The van der Waals surface area contributed by atoms with Crippen LogP contribution in [0.25, 0.3) is 0 Å². The summed E-state index contributed by atoms with van der Waals surface area (Å²) in [5.74, 6) is -0.433. The Hall–Kier alpha value is -1.07. The molecular weight excluding hydrogens is 420 g/mol. The number of hydrogen-bond acceptors (Lipinski definition) is 9. The van der Waals surface area contributed by atoms with Gasteiger partial charge in [-0.2, -0.15) is 0 Å². The number of hydrogen-bond donors (Lipinski definition) is 1. The van der Waals surface area contributed by atoms with Crippen molar-refractivity contribution in [2.24, 2.45) is 0 Å². The minimum atomic E-state index is -0.433. The van der Waals surface area contributed by atoms with Gasteiger partial charge in [-0.05, 0) is 38.5 Å². The second kappa shape index (κ2) is 28.0. The van der Waals surface area contributed by atoms with Gasteiger partial charge >= 0.3 is 5.97 Å². The van der Waals surface area contributed by atoms with Crippen molar-refractivity contribution in [3.63, 3.8) is 0 Å². The Labute approximate surface area is 193 Å². The van der Waals surface area contributed by atoms with Crippen molar-refractivity contribution in [3.05, 3.63) is 12.7 Å². The Kier molecular flexibility index (Phi) is 27.0. The Morgan fingerprint density at radius 2 is 0.844 bits per heavy atom. The van der Waals surface area contributed by atoms with Crippen LogP contribution in [0.4, 0.5) is 0 Å². The maximum Gasteiger partial charge on any atom is 0.330 e. The molecule has 190 valence electrons. The van der Waals surface area contributed by atoms with Crippen molar-refractivity contribution < 1.29 is 43.1 Å². The number of aliphatic hydroxyl groups is 1. The fraction of sp³-hybridized carbons (Fsp3) is 0.870. The first-order valence-corrected chi connectivity index (χ1v) is 11.7. The van der Waals surface area contributed by atoms with E-state index in [-0.39, 0.29) is 13.2 Å². The van der Waals surface area contributed by atoms with E-state index in [0.717, 1.165) is 38.2 Å². The van der Waals surface area contributed by atoms with E-state index >= 15 is 0 Å². The SMILES string of the molecule is C=CC(=O)OCCOCCCOCCCOCCCOCCCOCCCOCCCO. The summed E-state index contributed by atoms with van der Waals surface area (Å²) in [7, 11) is 0. The van der Waals surface area contributed by atoms with E-state index in [0.29, 0.717) is 85.7 Å². The lowest BCUT2D eigenvalue weighted by molar-refractivity contribution is -0.139. The average Bonchev–Trinajstić information content (AvgIpc) is 2.81. The van der Waals surface area contributed by atoms with Crippen LogP contribution in [0.5, 0.6) is 0 Å². The van der Waals surface area contributed by atoms with Gasteiger partial charge in [0.25, 0.3) is 0 Å². The summed E-state index contributed by atoms with van der Waals surface area (Å²) in [5.41, 5.74) is 0. The van der Waals surface area contributed by atoms with Crippen LogP contribution >= 0.6 is 0 Å². The third-order valence-electron chi connectivity index (χ3n) is 3.97. The molecule has 1 N–H and O–H groups in total. The first-order chi connectivity index (χ1) is 15.8. The lowest BCUT2D eigenvalue weighted by Crippen LogP contribution is -2.10. The van der Waals surface area contributed by atoms with E-state index in [1.54, 1.807) is 0 Å². The molecule has 9 nitrogen and oxygen atoms in total. The minimum absolute atomic E-state index is 0.177. The van der Waals surface area contributed by atoms with Crippen LogP contribution in [0.15, 0.2) is 12.7 Å². The zero-order valence-electron chi connectivity index (χ0n) is 19.6. The fourth-order valence-corrected chi connectivity index (χ4v) is 2.35. The summed E-state index contributed by atoms with van der Waals surface area (Å²) < 4.78 is 37.6. The molecule has 0 aromatic heterocycles. The van der Waals surface area contributed by atoms with Gasteiger partial charge in [0, 0.05) is 85.4 Å². The topological polar surface area (TPSA) is 102 Å². The Balaban J connectivity index is 3.02. The summed E-state index contributed by atoms with van der Waals surface area (Å²) in [6.45, 7) is 11.5. The lowest BCUT2D eigenvalue weighted by Gasteiger charge is -2.08. The highest BCUT2D eigenvalue weighted by atomic mass is 16.6. The molecule has 0 aliphatic carbocycles. The van der Waals surface area contributed by atoms with E-state index in [9.17, 15) is 4.79 Å². The maximum absolute atomic E-state index is 10.8. The van der Waals surface area contributed by atoms with Gasteiger partial charge in [-0.15, -0.1) is 0 Å². The van der Waals surface area contributed by atoms with E-state index in [1.165, 1.54) is 0 Å². The van der Waals surface area contributed by atoms with E-state index in [2.05, 4.69) is 6.58 Å². The van der Waals surface area contributed by atoms with Gasteiger partial charge in [0.15, 0.2) is 0 Å². The minimum Gasteiger partial charge on any atom is -0.460 e. The van der Waals surface area contributed by atoms with Crippen molar-refractivity contribution in [1.29, 1.82) is 0 Å². The molecule has 0 aromatic carbocycles. The average molecular weight is 465 g/mol. The summed E-state index contributed by atoms with van der Waals surface area (Å²) in [5, 5.41) is 8.62. The highest BCUT2D eigenvalue weighted by molar-refractivity contribution is 5.81. The molecule has 0 fully saturated rings. The maximum atomic E-state index is 10.8. The normalized spacial score (nSPS) is 11.0. The summed E-state index contributed by atoms with van der Waals surface area (Å²) in [6, 6.07) is 0. The van der Waals surface area contributed by atoms with Gasteiger partial charge in [-0.1, -0.05) is 6.58 Å². The van der Waals surface area contributed by atoms with Gasteiger partial charge in [-0.3, -0.25) is 0 Å². The Bertz CT molecular complexity index is 394. The van der Waals surface area contributed by atoms with Crippen LogP contribution in [0.3, 0.4) is 0 Å². The lowest BCUT2D eigenvalue weighted by atomic mass is 10.4.